The molecule has 7 heteroatoms. The van der Waals surface area contributed by atoms with Crippen LogP contribution in [-0.4, -0.2) is 73.1 Å². The fourth-order valence-electron chi connectivity index (χ4n) is 3.58. The van der Waals surface area contributed by atoms with E-state index in [0.29, 0.717) is 32.8 Å². The Labute approximate surface area is 217 Å². The number of hydrogen-bond donors (Lipinski definition) is 3. The van der Waals surface area contributed by atoms with Crippen molar-refractivity contribution in [2.75, 3.05) is 44.7 Å². The maximum Gasteiger partial charge on any atom is 0.254 e. The van der Waals surface area contributed by atoms with E-state index in [-0.39, 0.29) is 6.42 Å². The summed E-state index contributed by atoms with van der Waals surface area (Å²) in [7, 11) is 1.50. The number of nitrogens with two attached hydrogens (primary N) is 1. The highest BCUT2D eigenvalue weighted by Gasteiger charge is 2.30. The zero-order chi connectivity index (χ0) is 26.8. The van der Waals surface area contributed by atoms with Gasteiger partial charge in [-0.2, -0.15) is 0 Å². The molecule has 2 aromatic rings. The van der Waals surface area contributed by atoms with Crippen molar-refractivity contribution < 1.29 is 19.7 Å². The number of unbranched alkanes of at least 4 members (excludes halogenated alkanes) is 1. The lowest BCUT2D eigenvalue weighted by Gasteiger charge is -2.37. The van der Waals surface area contributed by atoms with Crippen LogP contribution in [0.2, 0.25) is 0 Å². The molecule has 0 bridgehead atoms. The van der Waals surface area contributed by atoms with Gasteiger partial charge >= 0.3 is 0 Å². The van der Waals surface area contributed by atoms with Gasteiger partial charge in [-0.05, 0) is 49.7 Å². The molecule has 3 rings (SSSR count). The number of benzene rings is 2. The Morgan fingerprint density at radius 1 is 1.03 bits per heavy atom. The number of piperazine rings is 1. The summed E-state index contributed by atoms with van der Waals surface area (Å²) < 4.78 is 5.64. The first-order chi connectivity index (χ1) is 17.5. The van der Waals surface area contributed by atoms with Gasteiger partial charge < -0.3 is 30.5 Å². The van der Waals surface area contributed by atoms with Crippen LogP contribution in [0.1, 0.15) is 38.7 Å². The Morgan fingerprint density at radius 3 is 2.14 bits per heavy atom. The molecule has 1 heterocycles. The molecule has 0 radical (unpaired) electrons. The number of allylic oxidation sites excluding steroid dienone is 1. The minimum absolute atomic E-state index is 0.214. The fraction of sp³-hybridized carbons (Fsp3) is 0.483. The minimum atomic E-state index is -1.42. The molecule has 7 nitrogen and oxygen atoms in total. The number of carbonyl (C=O) groups excluding carboxylic acids is 1. The van der Waals surface area contributed by atoms with Crippen LogP contribution in [-0.2, 0) is 11.2 Å². The number of anilines is 1. The summed E-state index contributed by atoms with van der Waals surface area (Å²) in [6.07, 6.45) is 2.70. The number of para-hydroxylation sites is 1. The van der Waals surface area contributed by atoms with Crippen molar-refractivity contribution in [3.05, 3.63) is 72.8 Å². The SMILES string of the molecule is C=CCC.CCCCOc1ccc(CC(O)C(O)C(=O)N2CCN(c3ccccc3)CC2)cc1.CN. The van der Waals surface area contributed by atoms with Crippen molar-refractivity contribution in [2.24, 2.45) is 5.73 Å². The molecule has 2 aromatic carbocycles. The van der Waals surface area contributed by atoms with Crippen molar-refractivity contribution in [1.82, 2.24) is 4.90 Å². The van der Waals surface area contributed by atoms with Crippen LogP contribution in [0.5, 0.6) is 5.75 Å². The number of aliphatic hydroxyl groups excluding tert-OH is 2. The van der Waals surface area contributed by atoms with Crippen molar-refractivity contribution in [3.8, 4) is 5.75 Å². The second kappa shape index (κ2) is 18.4. The molecule has 0 aromatic heterocycles. The smallest absolute Gasteiger partial charge is 0.254 e. The molecule has 0 spiro atoms. The summed E-state index contributed by atoms with van der Waals surface area (Å²) in [5.74, 6) is 0.379. The lowest BCUT2D eigenvalue weighted by Crippen LogP contribution is -2.53. The Bertz CT molecular complexity index is 837. The number of carbonyl (C=O) groups is 1. The van der Waals surface area contributed by atoms with Gasteiger partial charge in [0.15, 0.2) is 6.10 Å². The van der Waals surface area contributed by atoms with E-state index in [1.807, 2.05) is 48.5 Å². The molecule has 2 unspecified atom stereocenters. The van der Waals surface area contributed by atoms with E-state index in [9.17, 15) is 15.0 Å². The van der Waals surface area contributed by atoms with E-state index < -0.39 is 18.1 Å². The van der Waals surface area contributed by atoms with Crippen LogP contribution in [0.25, 0.3) is 0 Å². The summed E-state index contributed by atoms with van der Waals surface area (Å²) >= 11 is 0. The quantitative estimate of drug-likeness (QED) is 0.341. The summed E-state index contributed by atoms with van der Waals surface area (Å²) in [5.41, 5.74) is 6.48. The van der Waals surface area contributed by atoms with E-state index >= 15 is 0 Å². The van der Waals surface area contributed by atoms with E-state index in [1.165, 1.54) is 7.05 Å². The van der Waals surface area contributed by atoms with Crippen LogP contribution < -0.4 is 15.4 Å². The molecular formula is C29H45N3O4. The largest absolute Gasteiger partial charge is 0.494 e. The van der Waals surface area contributed by atoms with Crippen LogP contribution in [0.3, 0.4) is 0 Å². The van der Waals surface area contributed by atoms with Gasteiger partial charge in [0.1, 0.15) is 5.75 Å². The van der Waals surface area contributed by atoms with Crippen molar-refractivity contribution in [3.63, 3.8) is 0 Å². The van der Waals surface area contributed by atoms with Gasteiger partial charge in [0, 0.05) is 38.3 Å². The molecule has 1 amide bonds. The highest BCUT2D eigenvalue weighted by Crippen LogP contribution is 2.18. The number of rotatable bonds is 10. The number of aliphatic hydroxyl groups is 2. The summed E-state index contributed by atoms with van der Waals surface area (Å²) in [6.45, 7) is 10.8. The minimum Gasteiger partial charge on any atom is -0.494 e. The third-order valence-electron chi connectivity index (χ3n) is 5.75. The number of ether oxygens (including phenoxy) is 1. The van der Waals surface area contributed by atoms with E-state index in [2.05, 4.69) is 43.2 Å². The maximum absolute atomic E-state index is 12.7. The molecule has 4 N–H and O–H groups in total. The third-order valence-corrected chi connectivity index (χ3v) is 5.75. The second-order valence-corrected chi connectivity index (χ2v) is 8.41. The molecule has 1 aliphatic rings. The zero-order valence-corrected chi connectivity index (χ0v) is 22.2. The Balaban J connectivity index is 0.000000982. The highest BCUT2D eigenvalue weighted by molar-refractivity contribution is 5.81. The van der Waals surface area contributed by atoms with E-state index in [1.54, 1.807) is 4.90 Å². The molecule has 200 valence electrons. The van der Waals surface area contributed by atoms with Gasteiger partial charge in [-0.15, -0.1) is 6.58 Å². The van der Waals surface area contributed by atoms with Gasteiger partial charge in [0.25, 0.3) is 5.91 Å². The first-order valence-electron chi connectivity index (χ1n) is 12.8. The van der Waals surface area contributed by atoms with Gasteiger partial charge in [-0.3, -0.25) is 4.79 Å². The standard InChI is InChI=1S/C24H32N2O4.C4H8.CH5N/c1-2-3-17-30-21-11-9-19(10-12-21)18-22(27)23(28)24(29)26-15-13-25(14-16-26)20-7-5-4-6-8-20;1-3-4-2;1-2/h4-12,22-23,27-28H,2-3,13-18H2,1H3;3H,1,4H2,2H3;2H2,1H3. The van der Waals surface area contributed by atoms with Crippen LogP contribution in [0, 0.1) is 0 Å². The number of hydrogen-bond acceptors (Lipinski definition) is 6. The van der Waals surface area contributed by atoms with Crippen LogP contribution in [0.15, 0.2) is 67.3 Å². The first kappa shape index (κ1) is 31.2. The van der Waals surface area contributed by atoms with E-state index in [0.717, 1.165) is 36.3 Å². The molecule has 1 aliphatic heterocycles. The topological polar surface area (TPSA) is 99.3 Å². The highest BCUT2D eigenvalue weighted by atomic mass is 16.5. The third kappa shape index (κ3) is 10.8. The monoisotopic (exact) mass is 499 g/mol. The molecule has 1 fully saturated rings. The molecule has 0 aliphatic carbocycles. The van der Waals surface area contributed by atoms with Gasteiger partial charge in [-0.25, -0.2) is 0 Å². The average molecular weight is 500 g/mol. The Morgan fingerprint density at radius 2 is 1.61 bits per heavy atom. The summed E-state index contributed by atoms with van der Waals surface area (Å²) in [4.78, 5) is 16.5. The maximum atomic E-state index is 12.7. The lowest BCUT2D eigenvalue weighted by molar-refractivity contribution is -0.146. The normalized spacial score (nSPS) is 14.4. The van der Waals surface area contributed by atoms with E-state index in [4.69, 9.17) is 4.74 Å². The van der Waals surface area contributed by atoms with Gasteiger partial charge in [-0.1, -0.05) is 56.7 Å². The van der Waals surface area contributed by atoms with Crippen molar-refractivity contribution in [1.29, 1.82) is 0 Å². The van der Waals surface area contributed by atoms with Gasteiger partial charge in [0.05, 0.1) is 12.7 Å². The molecular weight excluding hydrogens is 454 g/mol. The molecule has 2 atom stereocenters. The lowest BCUT2D eigenvalue weighted by atomic mass is 10.0. The summed E-state index contributed by atoms with van der Waals surface area (Å²) in [6, 6.07) is 17.5. The van der Waals surface area contributed by atoms with Crippen LogP contribution >= 0.6 is 0 Å². The average Bonchev–Trinajstić information content (AvgIpc) is 2.95. The predicted molar refractivity (Wildman–Crippen MR) is 148 cm³/mol. The van der Waals surface area contributed by atoms with Crippen LogP contribution in [0.4, 0.5) is 5.69 Å². The summed E-state index contributed by atoms with van der Waals surface area (Å²) in [5, 5.41) is 20.8. The molecule has 0 saturated carbocycles. The number of amides is 1. The van der Waals surface area contributed by atoms with Crippen molar-refractivity contribution >= 4 is 11.6 Å². The Kier molecular flexibility index (Phi) is 15.9. The van der Waals surface area contributed by atoms with Crippen molar-refractivity contribution in [2.45, 2.75) is 51.7 Å². The Hall–Kier alpha value is -2.87. The number of nitrogens with zero attached hydrogens (tertiary/aromatic N) is 2. The first-order valence-corrected chi connectivity index (χ1v) is 12.8. The molecule has 1 saturated heterocycles. The zero-order valence-electron chi connectivity index (χ0n) is 22.2. The fourth-order valence-corrected chi connectivity index (χ4v) is 3.58. The second-order valence-electron chi connectivity index (χ2n) is 8.41. The molecule has 36 heavy (non-hydrogen) atoms. The predicted octanol–water partition coefficient (Wildman–Crippen LogP) is 3.64. The van der Waals surface area contributed by atoms with Gasteiger partial charge in [0.2, 0.25) is 0 Å².